The predicted molar refractivity (Wildman–Crippen MR) is 208 cm³/mol. The van der Waals surface area contributed by atoms with Crippen molar-refractivity contribution in [3.05, 3.63) is 81.5 Å². The Balaban J connectivity index is 1.13. The lowest BCUT2D eigenvalue weighted by atomic mass is 9.79. The highest BCUT2D eigenvalue weighted by atomic mass is 35.5. The maximum absolute atomic E-state index is 17.2. The third kappa shape index (κ3) is 5.74. The summed E-state index contributed by atoms with van der Waals surface area (Å²) in [6.07, 6.45) is 4.44. The molecule has 2 aromatic carbocycles. The summed E-state index contributed by atoms with van der Waals surface area (Å²) in [6, 6.07) is 15.3. The second kappa shape index (κ2) is 13.3. The number of hydrogen-bond acceptors (Lipinski definition) is 7. The molecule has 9 nitrogen and oxygen atoms in total. The van der Waals surface area contributed by atoms with E-state index in [1.54, 1.807) is 24.4 Å². The van der Waals surface area contributed by atoms with Crippen LogP contribution in [0.3, 0.4) is 0 Å². The Morgan fingerprint density at radius 1 is 1.11 bits per heavy atom. The van der Waals surface area contributed by atoms with Crippen LogP contribution in [0.15, 0.2) is 48.7 Å². The van der Waals surface area contributed by atoms with Crippen molar-refractivity contribution in [1.82, 2.24) is 24.8 Å². The third-order valence-electron chi connectivity index (χ3n) is 12.4. The molecule has 4 saturated heterocycles. The fraction of sp³-hybridized carbons (Fsp3) is 0.429. The zero-order valence-electron chi connectivity index (χ0n) is 30.2. The van der Waals surface area contributed by atoms with E-state index in [4.69, 9.17) is 32.9 Å². The van der Waals surface area contributed by atoms with Crippen LogP contribution in [0.25, 0.3) is 32.9 Å². The van der Waals surface area contributed by atoms with E-state index < -0.39 is 12.0 Å². The molecule has 6 fully saturated rings. The van der Waals surface area contributed by atoms with Gasteiger partial charge >= 0.3 is 0 Å². The summed E-state index contributed by atoms with van der Waals surface area (Å²) in [6.45, 7) is 3.87. The lowest BCUT2D eigenvalue weighted by Crippen LogP contribution is -2.48. The van der Waals surface area contributed by atoms with Gasteiger partial charge in [-0.2, -0.15) is 5.26 Å². The minimum absolute atomic E-state index is 0.00553. The Morgan fingerprint density at radius 2 is 1.95 bits per heavy atom. The van der Waals surface area contributed by atoms with Gasteiger partial charge < -0.3 is 24.4 Å². The molecule has 4 aliphatic heterocycles. The van der Waals surface area contributed by atoms with Crippen LogP contribution in [-0.4, -0.2) is 69.8 Å². The first-order valence-corrected chi connectivity index (χ1v) is 20.0. The molecular formula is C42H39Cl2F2N7O2. The number of benzene rings is 2. The Kier molecular flexibility index (Phi) is 8.46. The zero-order chi connectivity index (χ0) is 37.7. The number of nitrogens with zero attached hydrogens (tertiary/aromatic N) is 6. The normalized spacial score (nSPS) is 24.7. The monoisotopic (exact) mass is 781 g/mol. The largest absolute Gasteiger partial charge is 0.488 e. The van der Waals surface area contributed by atoms with E-state index >= 15 is 4.39 Å². The van der Waals surface area contributed by atoms with Crippen LogP contribution in [0.2, 0.25) is 10.0 Å². The number of aryl methyl sites for hydroxylation is 2. The first-order chi connectivity index (χ1) is 26.7. The number of nitrogens with one attached hydrogen (secondary N) is 1. The van der Waals surface area contributed by atoms with Crippen LogP contribution in [0.4, 0.5) is 14.6 Å². The van der Waals surface area contributed by atoms with E-state index in [-0.39, 0.29) is 53.0 Å². The van der Waals surface area contributed by atoms with Crippen LogP contribution in [0.1, 0.15) is 61.1 Å². The molecule has 2 saturated carbocycles. The number of fused-ring (bicyclic) bond motifs is 4. The minimum atomic E-state index is -0.850. The summed E-state index contributed by atoms with van der Waals surface area (Å²) < 4.78 is 39.9. The van der Waals surface area contributed by atoms with Gasteiger partial charge in [-0.1, -0.05) is 35.3 Å². The molecule has 2 aliphatic carbocycles. The highest BCUT2D eigenvalue weighted by Crippen LogP contribution is 2.51. The van der Waals surface area contributed by atoms with Crippen molar-refractivity contribution in [2.75, 3.05) is 31.1 Å². The van der Waals surface area contributed by atoms with E-state index in [1.165, 1.54) is 0 Å². The number of amides is 1. The van der Waals surface area contributed by atoms with Gasteiger partial charge in [-0.15, -0.1) is 0 Å². The molecule has 282 valence electrons. The number of hydrogen-bond donors (Lipinski definition) is 1. The van der Waals surface area contributed by atoms with Crippen LogP contribution in [-0.2, 0) is 11.2 Å². The number of anilines is 1. The van der Waals surface area contributed by atoms with Crippen molar-refractivity contribution in [2.45, 2.75) is 75.8 Å². The summed E-state index contributed by atoms with van der Waals surface area (Å²) in [4.78, 5) is 27.4. The number of ether oxygens (including phenoxy) is 1. The summed E-state index contributed by atoms with van der Waals surface area (Å²) in [7, 11) is 0. The molecule has 2 bridgehead atoms. The number of alkyl halides is 1. The first-order valence-electron chi connectivity index (χ1n) is 19.2. The first kappa shape index (κ1) is 35.0. The molecule has 5 unspecified atom stereocenters. The Hall–Kier alpha value is -4.50. The highest BCUT2D eigenvalue weighted by molar-refractivity contribution is 6.43. The number of nitriles is 1. The number of rotatable bonds is 9. The topological polar surface area (TPSA) is 99.3 Å². The zero-order valence-corrected chi connectivity index (χ0v) is 31.8. The van der Waals surface area contributed by atoms with Crippen molar-refractivity contribution in [1.29, 1.82) is 5.26 Å². The van der Waals surface area contributed by atoms with Crippen molar-refractivity contribution in [3.8, 4) is 22.9 Å². The molecule has 11 rings (SSSR count). The lowest BCUT2D eigenvalue weighted by Gasteiger charge is -2.39. The van der Waals surface area contributed by atoms with Crippen LogP contribution in [0.5, 0.6) is 5.75 Å². The fourth-order valence-electron chi connectivity index (χ4n) is 9.52. The molecule has 3 aromatic heterocycles. The van der Waals surface area contributed by atoms with Gasteiger partial charge in [0.05, 0.1) is 53.3 Å². The number of pyridine rings is 2. The van der Waals surface area contributed by atoms with Gasteiger partial charge in [0.25, 0.3) is 0 Å². The fourth-order valence-corrected chi connectivity index (χ4v) is 9.92. The van der Waals surface area contributed by atoms with Crippen molar-refractivity contribution in [2.24, 2.45) is 11.8 Å². The molecule has 13 heteroatoms. The minimum Gasteiger partial charge on any atom is -0.488 e. The number of carbonyl (C=O) groups is 1. The second-order valence-electron chi connectivity index (χ2n) is 15.9. The molecule has 55 heavy (non-hydrogen) atoms. The quantitative estimate of drug-likeness (QED) is 0.161. The Morgan fingerprint density at radius 3 is 2.67 bits per heavy atom. The lowest BCUT2D eigenvalue weighted by molar-refractivity contribution is -0.133. The second-order valence-corrected chi connectivity index (χ2v) is 16.7. The molecule has 5 aromatic rings. The highest BCUT2D eigenvalue weighted by Gasteiger charge is 2.51. The van der Waals surface area contributed by atoms with E-state index in [1.807, 2.05) is 34.9 Å². The van der Waals surface area contributed by atoms with Crippen LogP contribution in [0, 0.1) is 35.9 Å². The van der Waals surface area contributed by atoms with Crippen LogP contribution < -0.4 is 15.0 Å². The van der Waals surface area contributed by atoms with Crippen LogP contribution >= 0.6 is 23.2 Å². The van der Waals surface area contributed by atoms with Gasteiger partial charge in [0.2, 0.25) is 5.91 Å². The summed E-state index contributed by atoms with van der Waals surface area (Å²) in [5, 5.41) is 15.5. The van der Waals surface area contributed by atoms with Gasteiger partial charge in [-0.05, 0) is 68.4 Å². The molecule has 0 spiro atoms. The van der Waals surface area contributed by atoms with E-state index in [9.17, 15) is 14.4 Å². The predicted octanol–water partition coefficient (Wildman–Crippen LogP) is 8.28. The Bertz CT molecular complexity index is 2430. The smallest absolute Gasteiger partial charge is 0.226 e. The maximum Gasteiger partial charge on any atom is 0.226 e. The number of carbonyl (C=O) groups excluding carboxylic acids is 1. The molecule has 0 radical (unpaired) electrons. The van der Waals surface area contributed by atoms with Gasteiger partial charge in [-0.25, -0.2) is 18.7 Å². The maximum atomic E-state index is 17.2. The van der Waals surface area contributed by atoms with Gasteiger partial charge in [-0.3, -0.25) is 4.79 Å². The van der Waals surface area contributed by atoms with E-state index in [0.29, 0.717) is 82.8 Å². The summed E-state index contributed by atoms with van der Waals surface area (Å²) in [5.41, 5.74) is 4.23. The summed E-state index contributed by atoms with van der Waals surface area (Å²) >= 11 is 13.1. The van der Waals surface area contributed by atoms with Crippen molar-refractivity contribution < 1.29 is 18.3 Å². The summed E-state index contributed by atoms with van der Waals surface area (Å²) in [5.74, 6) is 1.35. The molecule has 1 N–H and O–H groups in total. The average Bonchev–Trinajstić information content (AvgIpc) is 3.43. The van der Waals surface area contributed by atoms with Crippen molar-refractivity contribution in [3.63, 3.8) is 0 Å². The molecule has 1 amide bonds. The van der Waals surface area contributed by atoms with Gasteiger partial charge in [0, 0.05) is 76.9 Å². The molecule has 6 aliphatic rings. The van der Waals surface area contributed by atoms with E-state index in [2.05, 4.69) is 27.0 Å². The number of likely N-dealkylation sites (tertiary alicyclic amines) is 1. The molecule has 7 heterocycles. The molecular weight excluding hydrogens is 743 g/mol. The molecule has 5 atom stereocenters. The third-order valence-corrected chi connectivity index (χ3v) is 13.2. The standard InChI is InChI=1S/C42H39Cl2F2N7O2/c1-21-29-16-34(33-14-27(20-52(33)42(54)22-7-8-22)55-26-9-11-48-35(15-26)51-18-25(45)19-51)53(40-24-13-32(40)49-17-24)41(29)30-12-23(4-3-10-47)36(38(46)39(30)50-21)28-5-2-6-31(43)37(28)44/h2,5-6,9,11-12,15-16,22,24-25,27,32-33,40,49H,3-4,7-8,13-14,17-20H2,1H3. The number of halogens is 4. The average molecular weight is 783 g/mol. The Labute approximate surface area is 327 Å². The van der Waals surface area contributed by atoms with Gasteiger partial charge in [0.1, 0.15) is 29.4 Å². The number of aromatic nitrogens is 3. The van der Waals surface area contributed by atoms with Crippen molar-refractivity contribution >= 4 is 56.7 Å². The van der Waals surface area contributed by atoms with E-state index in [0.717, 1.165) is 42.4 Å². The SMILES string of the molecule is Cc1nc2c(F)c(-c3cccc(Cl)c3Cl)c(CCC#N)cc2c2c1cc(C1CC(Oc3ccnc(N4CC(F)C4)c3)CN1C(=O)C1CC1)n2C1C2CNC1C2. The van der Waals surface area contributed by atoms with Gasteiger partial charge in [0.15, 0.2) is 5.82 Å².